The lowest BCUT2D eigenvalue weighted by atomic mass is 10.3. The van der Waals surface area contributed by atoms with Crippen molar-refractivity contribution >= 4 is 28.6 Å². The number of nitrogens with one attached hydrogen (secondary N) is 1. The van der Waals surface area contributed by atoms with E-state index in [1.807, 2.05) is 25.2 Å². The molecule has 1 aromatic heterocycles. The number of halogens is 1. The first-order valence-electron chi connectivity index (χ1n) is 6.34. The van der Waals surface area contributed by atoms with Gasteiger partial charge in [-0.05, 0) is 25.1 Å². The summed E-state index contributed by atoms with van der Waals surface area (Å²) in [5, 5.41) is 4.17. The maximum Gasteiger partial charge on any atom is 0.206 e. The minimum absolute atomic E-state index is 0.765. The van der Waals surface area contributed by atoms with Crippen LogP contribution in [0.3, 0.4) is 0 Å². The zero-order valence-electron chi connectivity index (χ0n) is 10.5. The molecule has 0 spiro atoms. The molecule has 0 bridgehead atoms. The van der Waals surface area contributed by atoms with Gasteiger partial charge in [-0.25, -0.2) is 4.98 Å². The number of aromatic nitrogens is 2. The third kappa shape index (κ3) is 1.95. The Kier molecular flexibility index (Phi) is 3.14. The van der Waals surface area contributed by atoms with Gasteiger partial charge in [-0.3, -0.25) is 0 Å². The number of hydrogen-bond donors (Lipinski definition) is 1. The van der Waals surface area contributed by atoms with Crippen molar-refractivity contribution in [2.75, 3.05) is 31.1 Å². The summed E-state index contributed by atoms with van der Waals surface area (Å²) in [6.07, 6.45) is 1.15. The second-order valence-electron chi connectivity index (χ2n) is 4.67. The summed E-state index contributed by atoms with van der Waals surface area (Å²) in [4.78, 5) is 7.04. The summed E-state index contributed by atoms with van der Waals surface area (Å²) in [6.45, 7) is 4.13. The highest BCUT2D eigenvalue weighted by molar-refractivity contribution is 6.35. The summed E-state index contributed by atoms with van der Waals surface area (Å²) >= 11 is 6.26. The molecule has 0 aliphatic carbocycles. The van der Waals surface area contributed by atoms with Gasteiger partial charge in [0, 0.05) is 26.7 Å². The third-order valence-electron chi connectivity index (χ3n) is 3.44. The van der Waals surface area contributed by atoms with Crippen LogP contribution < -0.4 is 10.2 Å². The number of hydrogen-bond acceptors (Lipinski definition) is 3. The van der Waals surface area contributed by atoms with Gasteiger partial charge in [0.2, 0.25) is 5.95 Å². The van der Waals surface area contributed by atoms with E-state index in [-0.39, 0.29) is 0 Å². The summed E-state index contributed by atoms with van der Waals surface area (Å²) < 4.78 is 2.10. The molecule has 1 fully saturated rings. The summed E-state index contributed by atoms with van der Waals surface area (Å²) in [6, 6.07) is 5.88. The molecule has 0 amide bonds. The number of rotatable bonds is 1. The van der Waals surface area contributed by atoms with Crippen LogP contribution in [0.5, 0.6) is 0 Å². The van der Waals surface area contributed by atoms with Crippen molar-refractivity contribution in [2.45, 2.75) is 6.42 Å². The largest absolute Gasteiger partial charge is 0.341 e. The fourth-order valence-electron chi connectivity index (χ4n) is 2.54. The van der Waals surface area contributed by atoms with Gasteiger partial charge in [-0.2, -0.15) is 0 Å². The zero-order chi connectivity index (χ0) is 12.5. The Bertz CT molecular complexity index is 555. The molecular weight excluding hydrogens is 248 g/mol. The molecule has 2 heterocycles. The van der Waals surface area contributed by atoms with E-state index in [4.69, 9.17) is 16.6 Å². The van der Waals surface area contributed by atoms with Crippen molar-refractivity contribution in [3.05, 3.63) is 23.2 Å². The van der Waals surface area contributed by atoms with E-state index in [0.29, 0.717) is 0 Å². The molecule has 5 heteroatoms. The molecule has 0 saturated carbocycles. The van der Waals surface area contributed by atoms with E-state index in [0.717, 1.165) is 54.6 Å². The Balaban J connectivity index is 2.06. The van der Waals surface area contributed by atoms with Crippen LogP contribution in [-0.4, -0.2) is 35.7 Å². The number of para-hydroxylation sites is 1. The molecule has 1 aliphatic rings. The normalized spacial score (nSPS) is 17.1. The number of imidazole rings is 1. The highest BCUT2D eigenvalue weighted by Crippen LogP contribution is 2.27. The van der Waals surface area contributed by atoms with E-state index in [1.54, 1.807) is 0 Å². The van der Waals surface area contributed by atoms with Crippen LogP contribution >= 0.6 is 11.6 Å². The van der Waals surface area contributed by atoms with Gasteiger partial charge in [0.25, 0.3) is 0 Å². The number of fused-ring (bicyclic) bond motifs is 1. The van der Waals surface area contributed by atoms with E-state index in [9.17, 15) is 0 Å². The quantitative estimate of drug-likeness (QED) is 0.856. The molecular formula is C13H17ClN4. The smallest absolute Gasteiger partial charge is 0.206 e. The van der Waals surface area contributed by atoms with E-state index in [2.05, 4.69) is 14.8 Å². The van der Waals surface area contributed by atoms with Crippen LogP contribution in [0.1, 0.15) is 6.42 Å². The second kappa shape index (κ2) is 4.78. The molecule has 1 aromatic carbocycles. The lowest BCUT2D eigenvalue weighted by Gasteiger charge is -2.20. The SMILES string of the molecule is Cn1c(N2CCCNCC2)nc2cccc(Cl)c21. The van der Waals surface area contributed by atoms with Gasteiger partial charge in [-0.1, -0.05) is 17.7 Å². The monoisotopic (exact) mass is 264 g/mol. The Labute approximate surface area is 112 Å². The zero-order valence-corrected chi connectivity index (χ0v) is 11.2. The summed E-state index contributed by atoms with van der Waals surface area (Å²) in [5.41, 5.74) is 1.99. The van der Waals surface area contributed by atoms with Crippen molar-refractivity contribution in [1.29, 1.82) is 0 Å². The van der Waals surface area contributed by atoms with Gasteiger partial charge in [0.05, 0.1) is 16.1 Å². The predicted molar refractivity (Wildman–Crippen MR) is 75.4 cm³/mol. The highest BCUT2D eigenvalue weighted by Gasteiger charge is 2.17. The third-order valence-corrected chi connectivity index (χ3v) is 3.75. The first-order valence-corrected chi connectivity index (χ1v) is 6.72. The van der Waals surface area contributed by atoms with Crippen LogP contribution in [0, 0.1) is 0 Å². The summed E-state index contributed by atoms with van der Waals surface area (Å²) in [7, 11) is 2.04. The molecule has 1 N–H and O–H groups in total. The van der Waals surface area contributed by atoms with Crippen molar-refractivity contribution in [3.8, 4) is 0 Å². The van der Waals surface area contributed by atoms with Gasteiger partial charge in [0.15, 0.2) is 0 Å². The van der Waals surface area contributed by atoms with Crippen LogP contribution in [0.15, 0.2) is 18.2 Å². The van der Waals surface area contributed by atoms with Gasteiger partial charge < -0.3 is 14.8 Å². The Morgan fingerprint density at radius 1 is 1.28 bits per heavy atom. The fraction of sp³-hybridized carbons (Fsp3) is 0.462. The summed E-state index contributed by atoms with van der Waals surface area (Å²) in [5.74, 6) is 1.02. The van der Waals surface area contributed by atoms with Crippen molar-refractivity contribution in [2.24, 2.45) is 7.05 Å². The molecule has 0 atom stereocenters. The molecule has 1 saturated heterocycles. The maximum atomic E-state index is 6.26. The Morgan fingerprint density at radius 3 is 3.00 bits per heavy atom. The number of nitrogens with zero attached hydrogens (tertiary/aromatic N) is 3. The Hall–Kier alpha value is -1.26. The minimum atomic E-state index is 0.765. The predicted octanol–water partition coefficient (Wildman–Crippen LogP) is 2.03. The molecule has 2 aromatic rings. The standard InChI is InChI=1S/C13H17ClN4/c1-17-12-10(14)4-2-5-11(12)16-13(17)18-8-3-6-15-7-9-18/h2,4-5,15H,3,6-9H2,1H3. The minimum Gasteiger partial charge on any atom is -0.341 e. The van der Waals surface area contributed by atoms with E-state index in [1.165, 1.54) is 0 Å². The van der Waals surface area contributed by atoms with Crippen LogP contribution in [0.2, 0.25) is 5.02 Å². The van der Waals surface area contributed by atoms with E-state index >= 15 is 0 Å². The average molecular weight is 265 g/mol. The Morgan fingerprint density at radius 2 is 2.17 bits per heavy atom. The molecule has 3 rings (SSSR count). The lowest BCUT2D eigenvalue weighted by Crippen LogP contribution is -2.29. The average Bonchev–Trinajstić information content (AvgIpc) is 2.56. The number of aryl methyl sites for hydroxylation is 1. The fourth-order valence-corrected chi connectivity index (χ4v) is 2.83. The molecule has 1 aliphatic heterocycles. The van der Waals surface area contributed by atoms with Crippen LogP contribution in [0.25, 0.3) is 11.0 Å². The molecule has 4 nitrogen and oxygen atoms in total. The second-order valence-corrected chi connectivity index (χ2v) is 5.08. The van der Waals surface area contributed by atoms with Crippen molar-refractivity contribution < 1.29 is 0 Å². The van der Waals surface area contributed by atoms with Crippen LogP contribution in [-0.2, 0) is 7.05 Å². The molecule has 0 radical (unpaired) electrons. The highest BCUT2D eigenvalue weighted by atomic mass is 35.5. The van der Waals surface area contributed by atoms with Gasteiger partial charge in [-0.15, -0.1) is 0 Å². The number of anilines is 1. The molecule has 18 heavy (non-hydrogen) atoms. The van der Waals surface area contributed by atoms with Crippen molar-refractivity contribution in [3.63, 3.8) is 0 Å². The van der Waals surface area contributed by atoms with Gasteiger partial charge >= 0.3 is 0 Å². The molecule has 96 valence electrons. The first-order chi connectivity index (χ1) is 8.77. The van der Waals surface area contributed by atoms with E-state index < -0.39 is 0 Å². The van der Waals surface area contributed by atoms with Crippen molar-refractivity contribution in [1.82, 2.24) is 14.9 Å². The molecule has 0 unspecified atom stereocenters. The van der Waals surface area contributed by atoms with Gasteiger partial charge in [0.1, 0.15) is 0 Å². The number of benzene rings is 1. The first kappa shape index (κ1) is 11.8. The van der Waals surface area contributed by atoms with Crippen LogP contribution in [0.4, 0.5) is 5.95 Å². The lowest BCUT2D eigenvalue weighted by molar-refractivity contribution is 0.724. The maximum absolute atomic E-state index is 6.26. The topological polar surface area (TPSA) is 33.1 Å².